The average Bonchev–Trinajstić information content (AvgIpc) is 3.88. The fourth-order valence-electron chi connectivity index (χ4n) is 10.1. The van der Waals surface area contributed by atoms with Crippen molar-refractivity contribution in [3.63, 3.8) is 0 Å². The van der Waals surface area contributed by atoms with Crippen LogP contribution in [0.15, 0.2) is 145 Å². The molecule has 58 heavy (non-hydrogen) atoms. The van der Waals surface area contributed by atoms with Gasteiger partial charge in [-0.15, -0.1) is 0 Å². The molecule has 0 nitrogen and oxygen atoms in total. The van der Waals surface area contributed by atoms with Crippen LogP contribution in [0, 0.1) is 0 Å². The Balaban J connectivity index is 0.00000256. The van der Waals surface area contributed by atoms with Crippen molar-refractivity contribution in [2.75, 3.05) is 0 Å². The van der Waals surface area contributed by atoms with Gasteiger partial charge in [0, 0.05) is 0 Å². The number of halogens is 2. The van der Waals surface area contributed by atoms with E-state index in [0.29, 0.717) is 7.25 Å². The molecule has 0 fully saturated rings. The third-order valence-electron chi connectivity index (χ3n) is 13.1. The molecule has 2 atom stereocenters. The maximum absolute atomic E-state index is 2.70. The molecule has 0 saturated carbocycles. The molecule has 3 aliphatic rings. The third-order valence-corrected chi connectivity index (χ3v) is 36.1. The van der Waals surface area contributed by atoms with Crippen LogP contribution in [0.3, 0.4) is 0 Å². The summed E-state index contributed by atoms with van der Waals surface area (Å²) in [4.78, 5) is 0. The Labute approximate surface area is 369 Å². The molecule has 0 bridgehead atoms. The van der Waals surface area contributed by atoms with E-state index in [1.807, 2.05) is 0 Å². The Kier molecular flexibility index (Phi) is 12.1. The summed E-state index contributed by atoms with van der Waals surface area (Å²) in [5.74, 6) is -1.64. The van der Waals surface area contributed by atoms with Crippen LogP contribution in [-0.4, -0.2) is 5.92 Å². The van der Waals surface area contributed by atoms with E-state index in [1.165, 1.54) is 55.6 Å². The molecule has 0 radical (unpaired) electrons. The molecule has 6 aromatic rings. The van der Waals surface area contributed by atoms with Crippen molar-refractivity contribution in [2.24, 2.45) is 0 Å². The summed E-state index contributed by atoms with van der Waals surface area (Å²) in [5, 5.41) is 3.41. The van der Waals surface area contributed by atoms with Gasteiger partial charge in [0.1, 0.15) is 0 Å². The van der Waals surface area contributed by atoms with Gasteiger partial charge in [-0.05, 0) is 0 Å². The molecule has 9 rings (SSSR count). The van der Waals surface area contributed by atoms with Crippen molar-refractivity contribution >= 4 is 28.4 Å². The first kappa shape index (κ1) is 42.6. The molecule has 0 amide bonds. The molecule has 1 heterocycles. The summed E-state index contributed by atoms with van der Waals surface area (Å²) in [6.07, 6.45) is 7.52. The summed E-state index contributed by atoms with van der Waals surface area (Å²) in [6, 6.07) is 52.7. The van der Waals surface area contributed by atoms with Gasteiger partial charge in [0.15, 0.2) is 0 Å². The zero-order valence-corrected chi connectivity index (χ0v) is 40.4. The fourth-order valence-corrected chi connectivity index (χ4v) is 39.5. The molecule has 2 unspecified atom stereocenters. The van der Waals surface area contributed by atoms with Crippen LogP contribution in [0.5, 0.6) is 0 Å². The smallest absolute Gasteiger partial charge is 1.00 e. The van der Waals surface area contributed by atoms with Crippen molar-refractivity contribution in [1.29, 1.82) is 0 Å². The van der Waals surface area contributed by atoms with E-state index in [0.717, 1.165) is 12.8 Å². The molecular formula is C54H55Cl2SiZr. The normalized spacial score (nSPS) is 16.6. The first-order chi connectivity index (χ1) is 27.0. The number of rotatable bonds is 7. The molecule has 0 N–H and O–H groups in total. The SMILES string of the molecule is CCC1=Cc2c(-c3ccc(C(C)(C)C)cc3)cccc2[CH]1[Zr+2]([CH]1C(CC)=Cc2c(-c3ccc(C(C)(C)C)cc3)cccc21)[SiH]1c2ccccc2-c2ccccc21.[Cl-].[Cl-]. The number of allylic oxidation sites excluding steroid dienone is 2. The second-order valence-electron chi connectivity index (χ2n) is 18.4. The Morgan fingerprint density at radius 1 is 0.448 bits per heavy atom. The van der Waals surface area contributed by atoms with E-state index in [4.69, 9.17) is 0 Å². The Hall–Kier alpha value is -3.52. The van der Waals surface area contributed by atoms with Gasteiger partial charge in [-0.25, -0.2) is 0 Å². The molecule has 0 aromatic heterocycles. The maximum atomic E-state index is 2.66. The van der Waals surface area contributed by atoms with Gasteiger partial charge in [0.25, 0.3) is 0 Å². The van der Waals surface area contributed by atoms with E-state index in [2.05, 4.69) is 201 Å². The zero-order chi connectivity index (χ0) is 38.9. The van der Waals surface area contributed by atoms with Crippen LogP contribution in [0.2, 0.25) is 0 Å². The largest absolute Gasteiger partial charge is 1.00 e. The average molecular weight is 894 g/mol. The predicted octanol–water partition coefficient (Wildman–Crippen LogP) is 7.16. The maximum Gasteiger partial charge on any atom is -1.00 e. The van der Waals surface area contributed by atoms with Crippen LogP contribution in [0.25, 0.3) is 45.5 Å². The minimum absolute atomic E-state index is 0. The Bertz CT molecular complexity index is 2360. The Morgan fingerprint density at radius 3 is 1.17 bits per heavy atom. The first-order valence-electron chi connectivity index (χ1n) is 20.9. The summed E-state index contributed by atoms with van der Waals surface area (Å²) in [7, 11) is 0. The van der Waals surface area contributed by atoms with E-state index in [9.17, 15) is 0 Å². The van der Waals surface area contributed by atoms with Gasteiger partial charge in [-0.3, -0.25) is 0 Å². The Morgan fingerprint density at radius 2 is 0.810 bits per heavy atom. The fraction of sp³-hybridized carbons (Fsp3) is 0.259. The minimum Gasteiger partial charge on any atom is -1.00 e. The summed E-state index contributed by atoms with van der Waals surface area (Å²) in [6.45, 7) is 18.7. The number of fused-ring (bicyclic) bond motifs is 5. The molecule has 4 heteroatoms. The van der Waals surface area contributed by atoms with E-state index >= 15 is 0 Å². The van der Waals surface area contributed by atoms with Crippen LogP contribution >= 0.6 is 0 Å². The van der Waals surface area contributed by atoms with Gasteiger partial charge in [-0.1, -0.05) is 0 Å². The van der Waals surface area contributed by atoms with E-state index in [-0.39, 0.29) is 35.6 Å². The summed E-state index contributed by atoms with van der Waals surface area (Å²) < 4.78 is 1.06. The van der Waals surface area contributed by atoms with Crippen molar-refractivity contribution in [2.45, 2.75) is 86.3 Å². The van der Waals surface area contributed by atoms with Gasteiger partial charge in [-0.2, -0.15) is 0 Å². The quantitative estimate of drug-likeness (QED) is 0.150. The number of benzene rings is 6. The molecule has 0 saturated heterocycles. The second kappa shape index (κ2) is 16.5. The van der Waals surface area contributed by atoms with Crippen molar-refractivity contribution in [3.05, 3.63) is 178 Å². The third kappa shape index (κ3) is 7.25. The van der Waals surface area contributed by atoms with E-state index in [1.54, 1.807) is 32.6 Å². The van der Waals surface area contributed by atoms with Crippen molar-refractivity contribution in [3.8, 4) is 33.4 Å². The standard InChI is InChI=1S/2C21H23.C12H9Si.2ClH.Zr/c2*1-5-15-13-17-7-6-8-19(20(17)14-15)16-9-11-18(12-10-16)21(2,3)4;1-3-7-11-9(5-1)10-6-2-4-8-12(10)13-11;;;/h2*6-14H,5H2,1-4H3;1-8,13H;2*1H;/q;;;;;+2/p-2. The van der Waals surface area contributed by atoms with Crippen molar-refractivity contribution in [1.82, 2.24) is 0 Å². The van der Waals surface area contributed by atoms with E-state index < -0.39 is 26.8 Å². The van der Waals surface area contributed by atoms with Gasteiger partial charge in [0.05, 0.1) is 0 Å². The van der Waals surface area contributed by atoms with Crippen molar-refractivity contribution < 1.29 is 45.7 Å². The monoisotopic (exact) mass is 891 g/mol. The molecule has 6 aromatic carbocycles. The van der Waals surface area contributed by atoms with Gasteiger partial charge in [0.2, 0.25) is 0 Å². The molecule has 1 aliphatic heterocycles. The van der Waals surface area contributed by atoms with Crippen LogP contribution < -0.4 is 35.2 Å². The molecule has 2 aliphatic carbocycles. The van der Waals surface area contributed by atoms with Crippen LogP contribution in [-0.2, 0) is 31.7 Å². The number of hydrogen-bond donors (Lipinski definition) is 0. The molecular weight excluding hydrogens is 839 g/mol. The van der Waals surface area contributed by atoms with Gasteiger partial charge < -0.3 is 24.8 Å². The molecule has 293 valence electrons. The first-order valence-corrected chi connectivity index (χ1v) is 29.7. The van der Waals surface area contributed by atoms with Gasteiger partial charge >= 0.3 is 347 Å². The van der Waals surface area contributed by atoms with Crippen LogP contribution in [0.4, 0.5) is 0 Å². The van der Waals surface area contributed by atoms with Crippen LogP contribution in [0.1, 0.15) is 109 Å². The summed E-state index contributed by atoms with van der Waals surface area (Å²) in [5.41, 5.74) is 21.1. The topological polar surface area (TPSA) is 0 Å². The summed E-state index contributed by atoms with van der Waals surface area (Å²) >= 11 is -2.70. The predicted molar refractivity (Wildman–Crippen MR) is 241 cm³/mol. The number of hydrogen-bond acceptors (Lipinski definition) is 0. The zero-order valence-electron chi connectivity index (χ0n) is 35.3. The minimum atomic E-state index is -2.70. The second-order valence-corrected chi connectivity index (χ2v) is 34.0. The molecule has 0 spiro atoms.